The molecule has 0 aliphatic rings. The van der Waals surface area contributed by atoms with E-state index >= 15 is 0 Å². The van der Waals surface area contributed by atoms with Crippen LogP contribution in [0.25, 0.3) is 28.7 Å². The molecule has 0 radical (unpaired) electrons. The van der Waals surface area contributed by atoms with E-state index in [-0.39, 0.29) is 12.3 Å². The molecule has 1 aromatic heterocycles. The molecular formula is C26H28N2O4. The van der Waals surface area contributed by atoms with Crippen LogP contribution < -0.4 is 0 Å². The summed E-state index contributed by atoms with van der Waals surface area (Å²) in [4.78, 5) is 20.5. The Bertz CT molecular complexity index is 1070. The Morgan fingerprint density at radius 2 is 1.53 bits per heavy atom. The maximum Gasteiger partial charge on any atom is 0.305 e. The molecule has 3 aromatic rings. The monoisotopic (exact) mass is 432 g/mol. The Morgan fingerprint density at radius 3 is 2.09 bits per heavy atom. The van der Waals surface area contributed by atoms with Crippen LogP contribution in [-0.4, -0.2) is 43.5 Å². The third-order valence-corrected chi connectivity index (χ3v) is 5.01. The first-order chi connectivity index (χ1) is 15.3. The number of aliphatic hydroxyl groups excluding tert-OH is 2. The number of aliphatic hydroxyl groups is 2. The second kappa shape index (κ2) is 10.8. The van der Waals surface area contributed by atoms with Gasteiger partial charge in [-0.2, -0.15) is 0 Å². The summed E-state index contributed by atoms with van der Waals surface area (Å²) in [6, 6.07) is 19.6. The highest BCUT2D eigenvalue weighted by molar-refractivity contribution is 5.76. The van der Waals surface area contributed by atoms with Crippen LogP contribution in [0.1, 0.15) is 43.9 Å². The van der Waals surface area contributed by atoms with Crippen molar-refractivity contribution in [2.75, 3.05) is 0 Å². The van der Waals surface area contributed by atoms with Crippen LogP contribution >= 0.6 is 0 Å². The lowest BCUT2D eigenvalue weighted by Crippen LogP contribution is -2.19. The fourth-order valence-corrected chi connectivity index (χ4v) is 3.47. The normalized spacial score (nSPS) is 13.4. The lowest BCUT2D eigenvalue weighted by atomic mass is 9.96. The number of rotatable bonds is 9. The largest absolute Gasteiger partial charge is 0.481 e. The third kappa shape index (κ3) is 6.09. The van der Waals surface area contributed by atoms with Gasteiger partial charge >= 0.3 is 5.97 Å². The first-order valence-electron chi connectivity index (χ1n) is 10.6. The van der Waals surface area contributed by atoms with E-state index in [2.05, 4.69) is 13.8 Å². The molecule has 0 bridgehead atoms. The molecule has 3 N–H and O–H groups in total. The molecule has 2 atom stereocenters. The molecule has 32 heavy (non-hydrogen) atoms. The Morgan fingerprint density at radius 1 is 0.938 bits per heavy atom. The fraction of sp³-hybridized carbons (Fsp3) is 0.269. The van der Waals surface area contributed by atoms with Gasteiger partial charge in [0.1, 0.15) is 0 Å². The number of carbonyl (C=O) groups is 1. The van der Waals surface area contributed by atoms with E-state index in [0.717, 1.165) is 28.1 Å². The van der Waals surface area contributed by atoms with Crippen LogP contribution in [-0.2, 0) is 4.79 Å². The average Bonchev–Trinajstić information content (AvgIpc) is 2.77. The SMILES string of the molecule is CC(C)c1nc(-c2ccccc2)nc(-c2ccccc2)c1/C=C/C(O)CC(O)CC(=O)O. The van der Waals surface area contributed by atoms with Crippen LogP contribution in [0.4, 0.5) is 0 Å². The van der Waals surface area contributed by atoms with Crippen molar-refractivity contribution in [1.29, 1.82) is 0 Å². The fourth-order valence-electron chi connectivity index (χ4n) is 3.47. The minimum atomic E-state index is -1.12. The number of benzene rings is 2. The number of carboxylic acid groups (broad SMARTS) is 1. The van der Waals surface area contributed by atoms with Gasteiger partial charge in [0.2, 0.25) is 0 Å². The Hall–Kier alpha value is -3.35. The van der Waals surface area contributed by atoms with Crippen molar-refractivity contribution in [3.63, 3.8) is 0 Å². The lowest BCUT2D eigenvalue weighted by Gasteiger charge is -2.17. The summed E-state index contributed by atoms with van der Waals surface area (Å²) in [6.45, 7) is 4.10. The van der Waals surface area contributed by atoms with Gasteiger partial charge < -0.3 is 15.3 Å². The van der Waals surface area contributed by atoms with Crippen LogP contribution in [0.2, 0.25) is 0 Å². The number of aliphatic carboxylic acids is 1. The van der Waals surface area contributed by atoms with Gasteiger partial charge in [-0.3, -0.25) is 4.79 Å². The molecule has 6 heteroatoms. The van der Waals surface area contributed by atoms with E-state index in [1.165, 1.54) is 0 Å². The predicted molar refractivity (Wildman–Crippen MR) is 125 cm³/mol. The minimum Gasteiger partial charge on any atom is -0.481 e. The summed E-state index contributed by atoms with van der Waals surface area (Å²) in [5, 5.41) is 29.0. The zero-order chi connectivity index (χ0) is 23.1. The van der Waals surface area contributed by atoms with Gasteiger partial charge in [-0.15, -0.1) is 0 Å². The topological polar surface area (TPSA) is 104 Å². The van der Waals surface area contributed by atoms with Gasteiger partial charge in [0.25, 0.3) is 0 Å². The van der Waals surface area contributed by atoms with E-state index in [1.54, 1.807) is 12.2 Å². The van der Waals surface area contributed by atoms with Crippen LogP contribution in [0, 0.1) is 0 Å². The summed E-state index contributed by atoms with van der Waals surface area (Å²) in [5.41, 5.74) is 4.22. The van der Waals surface area contributed by atoms with Crippen molar-refractivity contribution in [3.05, 3.63) is 78.0 Å². The molecule has 1 heterocycles. The summed E-state index contributed by atoms with van der Waals surface area (Å²) < 4.78 is 0. The number of hydrogen-bond acceptors (Lipinski definition) is 5. The first kappa shape index (κ1) is 23.3. The molecule has 0 aliphatic carbocycles. The smallest absolute Gasteiger partial charge is 0.305 e. The van der Waals surface area contributed by atoms with E-state index in [4.69, 9.17) is 15.1 Å². The molecule has 0 fully saturated rings. The van der Waals surface area contributed by atoms with Gasteiger partial charge in [0.05, 0.1) is 30.0 Å². The highest BCUT2D eigenvalue weighted by Gasteiger charge is 2.18. The maximum atomic E-state index is 10.8. The zero-order valence-electron chi connectivity index (χ0n) is 18.2. The second-order valence-electron chi connectivity index (χ2n) is 8.00. The average molecular weight is 433 g/mol. The molecule has 2 aromatic carbocycles. The van der Waals surface area contributed by atoms with Crippen molar-refractivity contribution >= 4 is 12.0 Å². The first-order valence-corrected chi connectivity index (χ1v) is 10.6. The maximum absolute atomic E-state index is 10.8. The molecular weight excluding hydrogens is 404 g/mol. The van der Waals surface area contributed by atoms with E-state index in [9.17, 15) is 15.0 Å². The Balaban J connectivity index is 2.06. The number of nitrogens with zero attached hydrogens (tertiary/aromatic N) is 2. The van der Waals surface area contributed by atoms with Gasteiger partial charge in [-0.05, 0) is 5.92 Å². The number of carboxylic acids is 1. The predicted octanol–water partition coefficient (Wildman–Crippen LogP) is 4.53. The molecule has 0 amide bonds. The molecule has 166 valence electrons. The van der Waals surface area contributed by atoms with Gasteiger partial charge in [-0.1, -0.05) is 86.7 Å². The van der Waals surface area contributed by atoms with E-state index < -0.39 is 24.6 Å². The van der Waals surface area contributed by atoms with Gasteiger partial charge in [-0.25, -0.2) is 9.97 Å². The summed E-state index contributed by atoms with van der Waals surface area (Å²) in [5.74, 6) is -0.382. The van der Waals surface area contributed by atoms with Crippen molar-refractivity contribution < 1.29 is 20.1 Å². The summed E-state index contributed by atoms with van der Waals surface area (Å²) >= 11 is 0. The standard InChI is InChI=1S/C26H28N2O4/c1-17(2)24-22(14-13-20(29)15-21(30)16-23(31)32)25(18-9-5-3-6-10-18)28-26(27-24)19-11-7-4-8-12-19/h3-14,17,20-21,29-30H,15-16H2,1-2H3,(H,31,32)/b14-13+. The lowest BCUT2D eigenvalue weighted by molar-refractivity contribution is -0.139. The van der Waals surface area contributed by atoms with Crippen LogP contribution in [0.15, 0.2) is 66.7 Å². The number of aromatic nitrogens is 2. The molecule has 0 saturated heterocycles. The van der Waals surface area contributed by atoms with Gasteiger partial charge in [0.15, 0.2) is 5.82 Å². The Kier molecular flexibility index (Phi) is 7.87. The van der Waals surface area contributed by atoms with Crippen molar-refractivity contribution in [2.45, 2.75) is 44.8 Å². The zero-order valence-corrected chi connectivity index (χ0v) is 18.2. The van der Waals surface area contributed by atoms with Crippen molar-refractivity contribution in [1.82, 2.24) is 9.97 Å². The van der Waals surface area contributed by atoms with E-state index in [1.807, 2.05) is 60.7 Å². The molecule has 2 unspecified atom stereocenters. The summed E-state index contributed by atoms with van der Waals surface area (Å²) in [7, 11) is 0. The Labute approximate surface area is 187 Å². The highest BCUT2D eigenvalue weighted by Crippen LogP contribution is 2.31. The third-order valence-electron chi connectivity index (χ3n) is 5.01. The van der Waals surface area contributed by atoms with E-state index in [0.29, 0.717) is 5.82 Å². The summed E-state index contributed by atoms with van der Waals surface area (Å²) in [6.07, 6.45) is 0.730. The van der Waals surface area contributed by atoms with Crippen LogP contribution in [0.3, 0.4) is 0 Å². The molecule has 3 rings (SSSR count). The van der Waals surface area contributed by atoms with Gasteiger partial charge in [0, 0.05) is 23.1 Å². The van der Waals surface area contributed by atoms with Crippen molar-refractivity contribution in [2.24, 2.45) is 0 Å². The number of hydrogen-bond donors (Lipinski definition) is 3. The molecule has 6 nitrogen and oxygen atoms in total. The van der Waals surface area contributed by atoms with Crippen molar-refractivity contribution in [3.8, 4) is 22.6 Å². The highest BCUT2D eigenvalue weighted by atomic mass is 16.4. The molecule has 0 spiro atoms. The second-order valence-corrected chi connectivity index (χ2v) is 8.00. The molecule has 0 aliphatic heterocycles. The molecule has 0 saturated carbocycles. The van der Waals surface area contributed by atoms with Crippen LogP contribution in [0.5, 0.6) is 0 Å². The quantitative estimate of drug-likeness (QED) is 0.459. The minimum absolute atomic E-state index is 0.0660.